The van der Waals surface area contributed by atoms with E-state index in [-0.39, 0.29) is 17.8 Å². The van der Waals surface area contributed by atoms with Gasteiger partial charge in [-0.05, 0) is 24.3 Å². The van der Waals surface area contributed by atoms with E-state index in [2.05, 4.69) is 0 Å². The number of hydrogen-bond acceptors (Lipinski definition) is 4. The lowest BCUT2D eigenvalue weighted by atomic mass is 10.3. The molecule has 0 saturated carbocycles. The highest BCUT2D eigenvalue weighted by atomic mass is 16.4. The van der Waals surface area contributed by atoms with E-state index in [4.69, 9.17) is 24.9 Å². The summed E-state index contributed by atoms with van der Waals surface area (Å²) in [5.74, 6) is -1.09. The highest BCUT2D eigenvalue weighted by Gasteiger charge is 1.84. The van der Waals surface area contributed by atoms with E-state index < -0.39 is 5.97 Å². The van der Waals surface area contributed by atoms with Crippen molar-refractivity contribution in [2.75, 3.05) is 0 Å². The molecule has 0 heterocycles. The van der Waals surface area contributed by atoms with E-state index in [0.717, 1.165) is 0 Å². The number of carboxylic acid groups (broad SMARTS) is 1. The second kappa shape index (κ2) is 5.59. The van der Waals surface area contributed by atoms with Gasteiger partial charge in [0.1, 0.15) is 11.5 Å². The van der Waals surface area contributed by atoms with Crippen molar-refractivity contribution in [2.45, 2.75) is 0 Å². The number of benzene rings is 1. The van der Waals surface area contributed by atoms with Crippen LogP contribution in [-0.2, 0) is 9.59 Å². The lowest BCUT2D eigenvalue weighted by Gasteiger charge is -1.88. The normalized spacial score (nSPS) is 8.00. The van der Waals surface area contributed by atoms with Gasteiger partial charge in [0.05, 0.1) is 0 Å². The number of phenols is 2. The number of carbonyl (C=O) groups is 2. The number of rotatable bonds is 1. The van der Waals surface area contributed by atoms with Crippen LogP contribution in [0.3, 0.4) is 0 Å². The Morgan fingerprint density at radius 1 is 1.08 bits per heavy atom. The summed E-state index contributed by atoms with van der Waals surface area (Å²) in [6.07, 6.45) is -0.167. The molecule has 5 nitrogen and oxygen atoms in total. The molecule has 1 aromatic carbocycles. The fourth-order valence-corrected chi connectivity index (χ4v) is 0.453. The summed E-state index contributed by atoms with van der Waals surface area (Å²) < 4.78 is 0. The van der Waals surface area contributed by atoms with Gasteiger partial charge in [0.2, 0.25) is 6.29 Å². The van der Waals surface area contributed by atoms with Crippen LogP contribution in [0.25, 0.3) is 0 Å². The van der Waals surface area contributed by atoms with E-state index in [1.807, 2.05) is 0 Å². The predicted molar refractivity (Wildman–Crippen MR) is 43.5 cm³/mol. The van der Waals surface area contributed by atoms with Gasteiger partial charge in [0, 0.05) is 0 Å². The Morgan fingerprint density at radius 2 is 1.31 bits per heavy atom. The zero-order chi connectivity index (χ0) is 10.3. The maximum atomic E-state index is 9.00. The maximum Gasteiger partial charge on any atom is 0.368 e. The zero-order valence-electron chi connectivity index (χ0n) is 6.54. The van der Waals surface area contributed by atoms with Crippen molar-refractivity contribution in [3.8, 4) is 11.5 Å². The van der Waals surface area contributed by atoms with Crippen LogP contribution in [0.5, 0.6) is 11.5 Å². The predicted octanol–water partition coefficient (Wildman–Crippen LogP) is 0.368. The molecule has 0 bridgehead atoms. The molecule has 70 valence electrons. The summed E-state index contributed by atoms with van der Waals surface area (Å²) in [5, 5.41) is 24.6. The highest BCUT2D eigenvalue weighted by molar-refractivity contribution is 6.19. The Balaban J connectivity index is 0.000000252. The first-order chi connectivity index (χ1) is 6.06. The molecule has 13 heavy (non-hydrogen) atoms. The van der Waals surface area contributed by atoms with Gasteiger partial charge in [0.15, 0.2) is 0 Å². The summed E-state index contributed by atoms with van der Waals surface area (Å²) in [6, 6.07) is 5.70. The molecule has 0 aliphatic heterocycles. The van der Waals surface area contributed by atoms with Gasteiger partial charge in [-0.15, -0.1) is 0 Å². The molecule has 1 rings (SSSR count). The van der Waals surface area contributed by atoms with Crippen LogP contribution in [0.1, 0.15) is 0 Å². The van der Waals surface area contributed by atoms with Gasteiger partial charge >= 0.3 is 5.97 Å². The molecule has 0 fully saturated rings. The number of carboxylic acids is 1. The van der Waals surface area contributed by atoms with E-state index in [9.17, 15) is 0 Å². The minimum atomic E-state index is -1.43. The quantitative estimate of drug-likeness (QED) is 0.333. The van der Waals surface area contributed by atoms with Crippen LogP contribution in [0.2, 0.25) is 0 Å². The lowest BCUT2D eigenvalue weighted by Crippen LogP contribution is -1.91. The van der Waals surface area contributed by atoms with Gasteiger partial charge in [-0.2, -0.15) is 0 Å². The number of aromatic hydroxyl groups is 2. The molecule has 0 aliphatic carbocycles. The Hall–Kier alpha value is -2.04. The first-order valence-corrected chi connectivity index (χ1v) is 3.22. The van der Waals surface area contributed by atoms with Crippen molar-refractivity contribution in [1.82, 2.24) is 0 Å². The second-order valence-corrected chi connectivity index (χ2v) is 1.97. The third-order valence-corrected chi connectivity index (χ3v) is 0.951. The number of phenolic OH excluding ortho intramolecular Hbond substituents is 2. The highest BCUT2D eigenvalue weighted by Crippen LogP contribution is 2.13. The number of aldehydes is 1. The fraction of sp³-hybridized carbons (Fsp3) is 0. The molecule has 0 atom stereocenters. The Bertz CT molecular complexity index is 256. The molecular formula is C8H8O5. The van der Waals surface area contributed by atoms with E-state index in [1.54, 1.807) is 0 Å². The van der Waals surface area contributed by atoms with Gasteiger partial charge in [0.25, 0.3) is 0 Å². The van der Waals surface area contributed by atoms with Gasteiger partial charge in [-0.25, -0.2) is 4.79 Å². The molecule has 0 saturated heterocycles. The third-order valence-electron chi connectivity index (χ3n) is 0.951. The summed E-state index contributed by atoms with van der Waals surface area (Å²) in [5.41, 5.74) is 0. The first-order valence-electron chi connectivity index (χ1n) is 3.22. The van der Waals surface area contributed by atoms with Crippen LogP contribution < -0.4 is 0 Å². The smallest absolute Gasteiger partial charge is 0.368 e. The van der Waals surface area contributed by atoms with Crippen LogP contribution >= 0.6 is 0 Å². The molecular weight excluding hydrogens is 176 g/mol. The molecule has 0 spiro atoms. The molecule has 0 radical (unpaired) electrons. The van der Waals surface area contributed by atoms with Crippen molar-refractivity contribution < 1.29 is 24.9 Å². The molecule has 0 aromatic heterocycles. The van der Waals surface area contributed by atoms with Crippen LogP contribution in [-0.4, -0.2) is 27.6 Å². The average Bonchev–Trinajstić information content (AvgIpc) is 2.11. The topological polar surface area (TPSA) is 94.8 Å². The first kappa shape index (κ1) is 11.0. The summed E-state index contributed by atoms with van der Waals surface area (Å²) in [4.78, 5) is 17.9. The average molecular weight is 184 g/mol. The van der Waals surface area contributed by atoms with Crippen LogP contribution in [0, 0.1) is 0 Å². The molecule has 0 aliphatic rings. The van der Waals surface area contributed by atoms with Crippen molar-refractivity contribution >= 4 is 12.3 Å². The molecule has 5 heteroatoms. The fourth-order valence-electron chi connectivity index (χ4n) is 0.453. The number of carbonyl (C=O) groups excluding carboxylic acids is 1. The zero-order valence-corrected chi connectivity index (χ0v) is 6.54. The largest absolute Gasteiger partial charge is 0.508 e. The van der Waals surface area contributed by atoms with E-state index >= 15 is 0 Å². The summed E-state index contributed by atoms with van der Waals surface area (Å²) >= 11 is 0. The monoisotopic (exact) mass is 184 g/mol. The van der Waals surface area contributed by atoms with Gasteiger partial charge < -0.3 is 15.3 Å². The minimum absolute atomic E-state index is 0.167. The molecule has 0 unspecified atom stereocenters. The van der Waals surface area contributed by atoms with E-state index in [0.29, 0.717) is 0 Å². The molecule has 1 aromatic rings. The Kier molecular flexibility index (Phi) is 4.71. The summed E-state index contributed by atoms with van der Waals surface area (Å²) in [6.45, 7) is 0. The van der Waals surface area contributed by atoms with Crippen LogP contribution in [0.15, 0.2) is 24.3 Å². The van der Waals surface area contributed by atoms with Crippen molar-refractivity contribution in [1.29, 1.82) is 0 Å². The van der Waals surface area contributed by atoms with Crippen molar-refractivity contribution in [3.05, 3.63) is 24.3 Å². The van der Waals surface area contributed by atoms with Gasteiger partial charge in [-0.1, -0.05) is 0 Å². The SMILES string of the molecule is O=CC(=O)O.Oc1ccc(O)cc1. The standard InChI is InChI=1S/C6H6O2.C2H2O3/c7-5-1-2-6(8)4-3-5;3-1-2(4)5/h1-4,7-8H;1H,(H,4,5). The maximum absolute atomic E-state index is 9.00. The molecule has 3 N–H and O–H groups in total. The molecule has 0 amide bonds. The Morgan fingerprint density at radius 3 is 1.46 bits per heavy atom. The van der Waals surface area contributed by atoms with Gasteiger partial charge in [-0.3, -0.25) is 4.79 Å². The Labute approximate surface area is 73.9 Å². The van der Waals surface area contributed by atoms with Crippen molar-refractivity contribution in [3.63, 3.8) is 0 Å². The third kappa shape index (κ3) is 6.36. The number of hydrogen-bond donors (Lipinski definition) is 3. The summed E-state index contributed by atoms with van der Waals surface area (Å²) in [7, 11) is 0. The second-order valence-electron chi connectivity index (χ2n) is 1.97. The van der Waals surface area contributed by atoms with Crippen molar-refractivity contribution in [2.24, 2.45) is 0 Å². The number of aliphatic carboxylic acids is 1. The van der Waals surface area contributed by atoms with E-state index in [1.165, 1.54) is 24.3 Å². The lowest BCUT2D eigenvalue weighted by molar-refractivity contribution is -0.143. The minimum Gasteiger partial charge on any atom is -0.508 e. The van der Waals surface area contributed by atoms with Crippen LogP contribution in [0.4, 0.5) is 0 Å².